The summed E-state index contributed by atoms with van der Waals surface area (Å²) >= 11 is 7.11. The second-order valence-corrected chi connectivity index (χ2v) is 9.12. The smallest absolute Gasteiger partial charge is 0.236 e. The standard InChI is InChI=1S/C18H21N3O2S3/c22-26(23,14-8-16-5-2-1-3-6-16)21-11-9-20(10-12-21)18(24)19-15-17-7-4-13-25-17/h1-8,13-14H,9-12,15H2,(H,19,24). The Kier molecular flexibility index (Phi) is 6.42. The fourth-order valence-corrected chi connectivity index (χ4v) is 4.72. The lowest BCUT2D eigenvalue weighted by atomic mass is 10.2. The molecule has 1 aromatic heterocycles. The zero-order valence-corrected chi connectivity index (χ0v) is 16.7. The molecule has 26 heavy (non-hydrogen) atoms. The third kappa shape index (κ3) is 5.14. The van der Waals surface area contributed by atoms with Crippen LogP contribution in [-0.4, -0.2) is 48.9 Å². The molecule has 1 aromatic carbocycles. The molecule has 1 fully saturated rings. The largest absolute Gasteiger partial charge is 0.358 e. The van der Waals surface area contributed by atoms with E-state index in [0.717, 1.165) is 5.56 Å². The van der Waals surface area contributed by atoms with Gasteiger partial charge in [0.1, 0.15) is 0 Å². The van der Waals surface area contributed by atoms with Crippen LogP contribution < -0.4 is 5.32 Å². The molecule has 0 saturated carbocycles. The van der Waals surface area contributed by atoms with Crippen LogP contribution in [0.25, 0.3) is 6.08 Å². The van der Waals surface area contributed by atoms with Crippen molar-refractivity contribution in [1.29, 1.82) is 0 Å². The van der Waals surface area contributed by atoms with Crippen molar-refractivity contribution in [3.63, 3.8) is 0 Å². The number of nitrogens with one attached hydrogen (secondary N) is 1. The molecule has 138 valence electrons. The number of thiophene rings is 1. The predicted molar refractivity (Wildman–Crippen MR) is 111 cm³/mol. The minimum absolute atomic E-state index is 0.433. The van der Waals surface area contributed by atoms with Crippen molar-refractivity contribution in [3.8, 4) is 0 Å². The molecule has 0 radical (unpaired) electrons. The molecule has 0 atom stereocenters. The number of sulfonamides is 1. The Labute approximate surface area is 164 Å². The number of piperazine rings is 1. The summed E-state index contributed by atoms with van der Waals surface area (Å²) in [6, 6.07) is 13.5. The van der Waals surface area contributed by atoms with E-state index in [-0.39, 0.29) is 0 Å². The Morgan fingerprint density at radius 3 is 2.50 bits per heavy atom. The van der Waals surface area contributed by atoms with Crippen LogP contribution in [0.5, 0.6) is 0 Å². The van der Waals surface area contributed by atoms with Gasteiger partial charge in [-0.1, -0.05) is 36.4 Å². The Morgan fingerprint density at radius 1 is 1.12 bits per heavy atom. The topological polar surface area (TPSA) is 52.7 Å². The predicted octanol–water partition coefficient (Wildman–Crippen LogP) is 2.74. The van der Waals surface area contributed by atoms with Crippen molar-refractivity contribution >= 4 is 44.8 Å². The quantitative estimate of drug-likeness (QED) is 0.773. The molecule has 2 heterocycles. The van der Waals surface area contributed by atoms with Crippen LogP contribution in [0.3, 0.4) is 0 Å². The molecule has 5 nitrogen and oxygen atoms in total. The molecule has 0 amide bonds. The highest BCUT2D eigenvalue weighted by Gasteiger charge is 2.26. The van der Waals surface area contributed by atoms with Crippen LogP contribution in [-0.2, 0) is 16.6 Å². The molecular formula is C18H21N3O2S3. The number of nitrogens with zero attached hydrogens (tertiary/aromatic N) is 2. The Hall–Kier alpha value is -1.74. The van der Waals surface area contributed by atoms with Gasteiger partial charge < -0.3 is 10.2 Å². The zero-order valence-electron chi connectivity index (χ0n) is 14.2. The molecule has 1 aliphatic rings. The first-order chi connectivity index (χ1) is 12.5. The normalized spacial score (nSPS) is 16.1. The monoisotopic (exact) mass is 407 g/mol. The van der Waals surface area contributed by atoms with Gasteiger partial charge in [0.2, 0.25) is 10.0 Å². The van der Waals surface area contributed by atoms with Gasteiger partial charge in [-0.3, -0.25) is 0 Å². The maximum atomic E-state index is 12.5. The summed E-state index contributed by atoms with van der Waals surface area (Å²) in [4.78, 5) is 3.25. The minimum atomic E-state index is -3.41. The van der Waals surface area contributed by atoms with Crippen LogP contribution in [0, 0.1) is 0 Å². The summed E-state index contributed by atoms with van der Waals surface area (Å²) in [5, 5.41) is 7.23. The maximum Gasteiger partial charge on any atom is 0.236 e. The van der Waals surface area contributed by atoms with Crippen LogP contribution in [0.2, 0.25) is 0 Å². The SMILES string of the molecule is O=S(=O)(C=Cc1ccccc1)N1CCN(C(=S)NCc2cccs2)CC1. The summed E-state index contributed by atoms with van der Waals surface area (Å²) in [6.45, 7) is 2.75. The lowest BCUT2D eigenvalue weighted by molar-refractivity contribution is 0.266. The van der Waals surface area contributed by atoms with Crippen LogP contribution in [0.4, 0.5) is 0 Å². The lowest BCUT2D eigenvalue weighted by Crippen LogP contribution is -2.52. The van der Waals surface area contributed by atoms with Crippen LogP contribution in [0.15, 0.2) is 53.3 Å². The van der Waals surface area contributed by atoms with Gasteiger partial charge in [0.15, 0.2) is 5.11 Å². The summed E-state index contributed by atoms with van der Waals surface area (Å²) in [7, 11) is -3.41. The summed E-state index contributed by atoms with van der Waals surface area (Å²) < 4.78 is 26.5. The van der Waals surface area contributed by atoms with E-state index < -0.39 is 10.0 Å². The van der Waals surface area contributed by atoms with E-state index in [2.05, 4.69) is 11.4 Å². The van der Waals surface area contributed by atoms with E-state index in [4.69, 9.17) is 12.2 Å². The van der Waals surface area contributed by atoms with Gasteiger partial charge in [-0.15, -0.1) is 11.3 Å². The summed E-state index contributed by atoms with van der Waals surface area (Å²) in [5.41, 5.74) is 0.869. The molecule has 1 saturated heterocycles. The highest BCUT2D eigenvalue weighted by atomic mass is 32.2. The second-order valence-electron chi connectivity index (χ2n) is 5.88. The van der Waals surface area contributed by atoms with Gasteiger partial charge in [-0.05, 0) is 35.3 Å². The minimum Gasteiger partial charge on any atom is -0.358 e. The number of hydrogen-bond donors (Lipinski definition) is 1. The van der Waals surface area contributed by atoms with Gasteiger partial charge in [0.25, 0.3) is 0 Å². The molecule has 1 N–H and O–H groups in total. The van der Waals surface area contributed by atoms with E-state index >= 15 is 0 Å². The average molecular weight is 408 g/mol. The fraction of sp³-hybridized carbons (Fsp3) is 0.278. The molecule has 8 heteroatoms. The molecule has 0 unspecified atom stereocenters. The van der Waals surface area contributed by atoms with Crippen molar-refractivity contribution < 1.29 is 8.42 Å². The van der Waals surface area contributed by atoms with Crippen molar-refractivity contribution in [3.05, 3.63) is 63.7 Å². The second kappa shape index (κ2) is 8.77. The molecule has 0 bridgehead atoms. The van der Waals surface area contributed by atoms with Crippen molar-refractivity contribution in [1.82, 2.24) is 14.5 Å². The summed E-state index contributed by atoms with van der Waals surface area (Å²) in [6.07, 6.45) is 1.63. The van der Waals surface area contributed by atoms with Gasteiger partial charge in [-0.2, -0.15) is 4.31 Å². The zero-order chi connectivity index (χ0) is 18.4. The third-order valence-electron chi connectivity index (χ3n) is 4.11. The van der Waals surface area contributed by atoms with E-state index in [0.29, 0.717) is 37.8 Å². The molecule has 0 aliphatic carbocycles. The van der Waals surface area contributed by atoms with E-state index in [9.17, 15) is 8.42 Å². The van der Waals surface area contributed by atoms with Gasteiger partial charge in [0.05, 0.1) is 6.54 Å². The van der Waals surface area contributed by atoms with E-state index in [1.807, 2.05) is 46.7 Å². The number of benzene rings is 1. The van der Waals surface area contributed by atoms with E-state index in [1.165, 1.54) is 14.6 Å². The van der Waals surface area contributed by atoms with Crippen LogP contribution in [0.1, 0.15) is 10.4 Å². The molecule has 2 aromatic rings. The first-order valence-electron chi connectivity index (χ1n) is 8.33. The molecular weight excluding hydrogens is 386 g/mol. The van der Waals surface area contributed by atoms with Crippen molar-refractivity contribution in [2.45, 2.75) is 6.54 Å². The average Bonchev–Trinajstić information content (AvgIpc) is 3.19. The first-order valence-corrected chi connectivity index (χ1v) is 11.1. The van der Waals surface area contributed by atoms with E-state index in [1.54, 1.807) is 17.4 Å². The van der Waals surface area contributed by atoms with Gasteiger partial charge in [-0.25, -0.2) is 8.42 Å². The number of rotatable bonds is 5. The Morgan fingerprint density at radius 2 is 1.85 bits per heavy atom. The van der Waals surface area contributed by atoms with Crippen molar-refractivity contribution in [2.75, 3.05) is 26.2 Å². The highest BCUT2D eigenvalue weighted by Crippen LogP contribution is 2.12. The molecule has 0 spiro atoms. The van der Waals surface area contributed by atoms with Crippen molar-refractivity contribution in [2.24, 2.45) is 0 Å². The number of hydrogen-bond acceptors (Lipinski definition) is 4. The molecule has 3 rings (SSSR count). The fourth-order valence-electron chi connectivity index (χ4n) is 2.65. The first kappa shape index (κ1) is 19.0. The maximum absolute atomic E-state index is 12.5. The van der Waals surface area contributed by atoms with Gasteiger partial charge in [0, 0.05) is 36.5 Å². The Balaban J connectivity index is 1.50. The Bertz CT molecular complexity index is 841. The molecule has 1 aliphatic heterocycles. The number of thiocarbonyl (C=S) groups is 1. The van der Waals surface area contributed by atoms with Gasteiger partial charge >= 0.3 is 0 Å². The lowest BCUT2D eigenvalue weighted by Gasteiger charge is -2.34. The highest BCUT2D eigenvalue weighted by molar-refractivity contribution is 7.92. The summed E-state index contributed by atoms with van der Waals surface area (Å²) in [5.74, 6) is 0. The van der Waals surface area contributed by atoms with Crippen LogP contribution >= 0.6 is 23.6 Å². The third-order valence-corrected chi connectivity index (χ3v) is 6.96.